The number of nitrogens with zero attached hydrogens (tertiary/aromatic N) is 5. The van der Waals surface area contributed by atoms with E-state index in [4.69, 9.17) is 16.1 Å². The number of nitrogen functional groups attached to an aromatic ring is 1. The summed E-state index contributed by atoms with van der Waals surface area (Å²) in [6, 6.07) is 9.43. The molecule has 1 atom stereocenters. The molecule has 168 valence electrons. The minimum Gasteiger partial charge on any atom is -0.398 e. The Morgan fingerprint density at radius 2 is 2.12 bits per heavy atom. The van der Waals surface area contributed by atoms with Gasteiger partial charge in [0.2, 0.25) is 0 Å². The Kier molecular flexibility index (Phi) is 5.18. The van der Waals surface area contributed by atoms with E-state index < -0.39 is 5.60 Å². The number of hydrogen-bond donors (Lipinski definition) is 4. The number of hydrogen-bond acceptors (Lipinski definition) is 8. The predicted molar refractivity (Wildman–Crippen MR) is 130 cm³/mol. The molecule has 9 heteroatoms. The van der Waals surface area contributed by atoms with Crippen molar-refractivity contribution >= 4 is 34.9 Å². The molecule has 1 aliphatic rings. The number of nitrogens with one attached hydrogen (secondary N) is 2. The summed E-state index contributed by atoms with van der Waals surface area (Å²) in [6.45, 7) is 3.33. The summed E-state index contributed by atoms with van der Waals surface area (Å²) in [6.07, 6.45) is 10.2. The van der Waals surface area contributed by atoms with E-state index in [-0.39, 0.29) is 0 Å². The molecule has 3 aromatic heterocycles. The van der Waals surface area contributed by atoms with Gasteiger partial charge in [0.25, 0.3) is 0 Å². The first-order valence-electron chi connectivity index (χ1n) is 10.9. The SMILES string of the molecule is C[C@@]1(O)CCCN(c2ccc(Nc3nc(-c4ccc(C=N)c(N)c4)cn4ccnc34)cn2)C1. The van der Waals surface area contributed by atoms with E-state index in [2.05, 4.69) is 20.2 Å². The third-order valence-corrected chi connectivity index (χ3v) is 5.92. The minimum atomic E-state index is -0.687. The van der Waals surface area contributed by atoms with Crippen molar-refractivity contribution in [3.8, 4) is 11.3 Å². The molecule has 33 heavy (non-hydrogen) atoms. The summed E-state index contributed by atoms with van der Waals surface area (Å²) < 4.78 is 1.91. The second-order valence-corrected chi connectivity index (χ2v) is 8.67. The molecule has 9 nitrogen and oxygen atoms in total. The average Bonchev–Trinajstić information content (AvgIpc) is 3.28. The van der Waals surface area contributed by atoms with Crippen LogP contribution >= 0.6 is 0 Å². The Morgan fingerprint density at radius 3 is 2.85 bits per heavy atom. The highest BCUT2D eigenvalue weighted by Gasteiger charge is 2.28. The highest BCUT2D eigenvalue weighted by molar-refractivity contribution is 5.87. The van der Waals surface area contributed by atoms with Crippen LogP contribution in [0.25, 0.3) is 16.9 Å². The van der Waals surface area contributed by atoms with Crippen molar-refractivity contribution in [2.45, 2.75) is 25.4 Å². The number of anilines is 4. The van der Waals surface area contributed by atoms with Gasteiger partial charge in [0.1, 0.15) is 5.82 Å². The molecular weight excluding hydrogens is 416 g/mol. The lowest BCUT2D eigenvalue weighted by Gasteiger charge is -2.37. The monoisotopic (exact) mass is 442 g/mol. The molecule has 0 bridgehead atoms. The molecule has 5 rings (SSSR count). The third-order valence-electron chi connectivity index (χ3n) is 5.92. The summed E-state index contributed by atoms with van der Waals surface area (Å²) in [5, 5.41) is 21.2. The molecular formula is C24H26N8O. The molecule has 4 aromatic rings. The van der Waals surface area contributed by atoms with E-state index in [1.165, 1.54) is 6.21 Å². The maximum Gasteiger partial charge on any atom is 0.180 e. The van der Waals surface area contributed by atoms with E-state index in [0.29, 0.717) is 29.3 Å². The van der Waals surface area contributed by atoms with Crippen LogP contribution in [0.2, 0.25) is 0 Å². The number of aliphatic hydroxyl groups is 1. The van der Waals surface area contributed by atoms with Crippen LogP contribution in [0.3, 0.4) is 0 Å². The molecule has 5 N–H and O–H groups in total. The zero-order valence-corrected chi connectivity index (χ0v) is 18.4. The zero-order valence-electron chi connectivity index (χ0n) is 18.4. The molecule has 1 aliphatic heterocycles. The molecule has 0 aliphatic carbocycles. The van der Waals surface area contributed by atoms with Crippen LogP contribution in [0.4, 0.5) is 23.0 Å². The van der Waals surface area contributed by atoms with Gasteiger partial charge < -0.3 is 30.9 Å². The third kappa shape index (κ3) is 4.22. The number of pyridine rings is 1. The number of aromatic nitrogens is 4. The standard InChI is InChI=1S/C24H26N8O/c1-24(33)7-2-9-32(15-24)21-6-5-18(13-28-21)29-22-23-27-8-10-31(23)14-20(30-22)16-3-4-17(12-25)19(26)11-16/h3-6,8,10-14,25,33H,2,7,9,15,26H2,1H3,(H,29,30)/t24-/m1/s1. The molecule has 1 fully saturated rings. The lowest BCUT2D eigenvalue weighted by atomic mass is 9.95. The van der Waals surface area contributed by atoms with Crippen molar-refractivity contribution in [2.75, 3.05) is 29.0 Å². The van der Waals surface area contributed by atoms with E-state index in [0.717, 1.165) is 42.1 Å². The normalized spacial score (nSPS) is 18.4. The van der Waals surface area contributed by atoms with Crippen LogP contribution in [-0.4, -0.2) is 49.4 Å². The van der Waals surface area contributed by atoms with Crippen LogP contribution in [-0.2, 0) is 0 Å². The number of β-amino-alcohol motifs (C(OH)–C–C–N with tert-alkyl or cyclic N) is 1. The van der Waals surface area contributed by atoms with E-state index in [1.807, 2.05) is 54.0 Å². The maximum atomic E-state index is 10.4. The number of benzene rings is 1. The van der Waals surface area contributed by atoms with E-state index >= 15 is 0 Å². The fourth-order valence-corrected chi connectivity index (χ4v) is 4.22. The van der Waals surface area contributed by atoms with Crippen LogP contribution in [0.15, 0.2) is 55.1 Å². The van der Waals surface area contributed by atoms with Gasteiger partial charge in [-0.25, -0.2) is 15.0 Å². The second-order valence-electron chi connectivity index (χ2n) is 8.67. The zero-order chi connectivity index (χ0) is 23.0. The summed E-state index contributed by atoms with van der Waals surface area (Å²) in [4.78, 5) is 15.9. The van der Waals surface area contributed by atoms with Gasteiger partial charge in [-0.15, -0.1) is 0 Å². The maximum absolute atomic E-state index is 10.4. The van der Waals surface area contributed by atoms with Crippen molar-refractivity contribution < 1.29 is 5.11 Å². The average molecular weight is 443 g/mol. The molecule has 0 spiro atoms. The number of piperidine rings is 1. The molecule has 4 heterocycles. The molecule has 0 amide bonds. The first-order chi connectivity index (χ1) is 15.9. The Balaban J connectivity index is 1.44. The lowest BCUT2D eigenvalue weighted by molar-refractivity contribution is 0.0447. The smallest absolute Gasteiger partial charge is 0.180 e. The van der Waals surface area contributed by atoms with Crippen LogP contribution in [0, 0.1) is 5.41 Å². The highest BCUT2D eigenvalue weighted by atomic mass is 16.3. The summed E-state index contributed by atoms with van der Waals surface area (Å²) in [5.41, 5.74) is 9.64. The van der Waals surface area contributed by atoms with Gasteiger partial charge in [-0.2, -0.15) is 0 Å². The number of nitrogens with two attached hydrogens (primary N) is 1. The van der Waals surface area contributed by atoms with Crippen molar-refractivity contribution in [3.05, 3.63) is 60.7 Å². The Bertz CT molecular complexity index is 1310. The van der Waals surface area contributed by atoms with Crippen molar-refractivity contribution in [1.29, 1.82) is 5.41 Å². The summed E-state index contributed by atoms with van der Waals surface area (Å²) in [7, 11) is 0. The van der Waals surface area contributed by atoms with Crippen LogP contribution in [0.5, 0.6) is 0 Å². The Labute approximate surface area is 191 Å². The van der Waals surface area contributed by atoms with Gasteiger partial charge in [0, 0.05) is 54.7 Å². The minimum absolute atomic E-state index is 0.529. The quantitative estimate of drug-likeness (QED) is 0.275. The van der Waals surface area contributed by atoms with E-state index in [1.54, 1.807) is 12.4 Å². The Morgan fingerprint density at radius 1 is 1.24 bits per heavy atom. The fraction of sp³-hybridized carbons (Fsp3) is 0.250. The number of imidazole rings is 1. The number of fused-ring (bicyclic) bond motifs is 1. The first kappa shape index (κ1) is 20.9. The van der Waals surface area contributed by atoms with Crippen molar-refractivity contribution in [3.63, 3.8) is 0 Å². The van der Waals surface area contributed by atoms with Gasteiger partial charge in [-0.3, -0.25) is 0 Å². The van der Waals surface area contributed by atoms with Gasteiger partial charge >= 0.3 is 0 Å². The largest absolute Gasteiger partial charge is 0.398 e. The molecule has 1 saturated heterocycles. The predicted octanol–water partition coefficient (Wildman–Crippen LogP) is 3.47. The lowest BCUT2D eigenvalue weighted by Crippen LogP contribution is -2.46. The molecule has 0 unspecified atom stereocenters. The second kappa shape index (κ2) is 8.18. The molecule has 0 radical (unpaired) electrons. The van der Waals surface area contributed by atoms with Gasteiger partial charge in [-0.1, -0.05) is 12.1 Å². The van der Waals surface area contributed by atoms with Crippen molar-refractivity contribution in [1.82, 2.24) is 19.4 Å². The summed E-state index contributed by atoms with van der Waals surface area (Å²) in [5.74, 6) is 1.44. The molecule has 1 aromatic carbocycles. The first-order valence-corrected chi connectivity index (χ1v) is 10.9. The topological polar surface area (TPSA) is 128 Å². The van der Waals surface area contributed by atoms with Crippen LogP contribution < -0.4 is 16.0 Å². The van der Waals surface area contributed by atoms with Crippen LogP contribution in [0.1, 0.15) is 25.3 Å². The van der Waals surface area contributed by atoms with Crippen molar-refractivity contribution in [2.24, 2.45) is 0 Å². The Hall–Kier alpha value is -3.98. The van der Waals surface area contributed by atoms with E-state index in [9.17, 15) is 5.11 Å². The fourth-order valence-electron chi connectivity index (χ4n) is 4.22. The van der Waals surface area contributed by atoms with Gasteiger partial charge in [-0.05, 0) is 38.0 Å². The number of rotatable bonds is 5. The van der Waals surface area contributed by atoms with Gasteiger partial charge in [0.15, 0.2) is 11.5 Å². The summed E-state index contributed by atoms with van der Waals surface area (Å²) >= 11 is 0. The highest BCUT2D eigenvalue weighted by Crippen LogP contribution is 2.28. The molecule has 0 saturated carbocycles. The van der Waals surface area contributed by atoms with Gasteiger partial charge in [0.05, 0.1) is 23.2 Å².